The predicted molar refractivity (Wildman–Crippen MR) is 70.9 cm³/mol. The molecule has 0 bridgehead atoms. The molecule has 0 saturated heterocycles. The summed E-state index contributed by atoms with van der Waals surface area (Å²) in [6, 6.07) is 13.2. The molecule has 1 nitrogen and oxygen atoms in total. The minimum Gasteiger partial charge on any atom is -0.237 e. The SMILES string of the molecule is [C-]#[N+]c1cc(Br)ccc1-c1ccc(Cl)cc1. The van der Waals surface area contributed by atoms with E-state index in [0.29, 0.717) is 10.7 Å². The Kier molecular flexibility index (Phi) is 3.28. The van der Waals surface area contributed by atoms with Crippen molar-refractivity contribution in [2.75, 3.05) is 0 Å². The van der Waals surface area contributed by atoms with E-state index >= 15 is 0 Å². The summed E-state index contributed by atoms with van der Waals surface area (Å²) in [5.74, 6) is 0. The highest BCUT2D eigenvalue weighted by Gasteiger charge is 2.05. The Balaban J connectivity index is 2.56. The van der Waals surface area contributed by atoms with Crippen LogP contribution in [0, 0.1) is 6.57 Å². The van der Waals surface area contributed by atoms with Crippen molar-refractivity contribution in [1.82, 2.24) is 0 Å². The number of hydrogen-bond donors (Lipinski definition) is 0. The minimum atomic E-state index is 0.636. The molecule has 0 aliphatic rings. The Labute approximate surface area is 108 Å². The maximum Gasteiger partial charge on any atom is 0.196 e. The zero-order valence-electron chi connectivity index (χ0n) is 8.24. The van der Waals surface area contributed by atoms with Gasteiger partial charge in [-0.1, -0.05) is 45.7 Å². The zero-order valence-corrected chi connectivity index (χ0v) is 10.6. The molecule has 0 spiro atoms. The van der Waals surface area contributed by atoms with Gasteiger partial charge >= 0.3 is 0 Å². The average molecular weight is 293 g/mol. The normalized spacial score (nSPS) is 9.81. The first-order valence-electron chi connectivity index (χ1n) is 4.63. The van der Waals surface area contributed by atoms with Crippen LogP contribution in [0.4, 0.5) is 5.69 Å². The molecule has 0 amide bonds. The fourth-order valence-corrected chi connectivity index (χ4v) is 1.95. The topological polar surface area (TPSA) is 4.36 Å². The summed E-state index contributed by atoms with van der Waals surface area (Å²) in [6.07, 6.45) is 0. The second-order valence-electron chi connectivity index (χ2n) is 3.28. The van der Waals surface area contributed by atoms with Crippen LogP contribution in [0.3, 0.4) is 0 Å². The molecule has 0 aliphatic carbocycles. The van der Waals surface area contributed by atoms with Gasteiger partial charge in [-0.25, -0.2) is 4.85 Å². The maximum absolute atomic E-state index is 7.15. The van der Waals surface area contributed by atoms with Crippen LogP contribution < -0.4 is 0 Å². The van der Waals surface area contributed by atoms with Crippen molar-refractivity contribution in [1.29, 1.82) is 0 Å². The summed E-state index contributed by atoms with van der Waals surface area (Å²) in [4.78, 5) is 3.52. The number of benzene rings is 2. The van der Waals surface area contributed by atoms with Crippen molar-refractivity contribution in [2.24, 2.45) is 0 Å². The largest absolute Gasteiger partial charge is 0.237 e. The third-order valence-electron chi connectivity index (χ3n) is 2.24. The monoisotopic (exact) mass is 291 g/mol. The molecule has 16 heavy (non-hydrogen) atoms. The Hall–Kier alpha value is -1.30. The lowest BCUT2D eigenvalue weighted by molar-refractivity contribution is 1.60. The second kappa shape index (κ2) is 4.69. The highest BCUT2D eigenvalue weighted by Crippen LogP contribution is 2.33. The van der Waals surface area contributed by atoms with E-state index in [0.717, 1.165) is 15.6 Å². The van der Waals surface area contributed by atoms with Crippen LogP contribution in [0.15, 0.2) is 46.9 Å². The summed E-state index contributed by atoms with van der Waals surface area (Å²) in [5.41, 5.74) is 2.56. The molecule has 0 unspecified atom stereocenters. The van der Waals surface area contributed by atoms with Crippen LogP contribution >= 0.6 is 27.5 Å². The molecule has 0 heterocycles. The minimum absolute atomic E-state index is 0.636. The van der Waals surface area contributed by atoms with Gasteiger partial charge in [-0.3, -0.25) is 0 Å². The Bertz CT molecular complexity index is 555. The van der Waals surface area contributed by atoms with E-state index in [9.17, 15) is 0 Å². The fourth-order valence-electron chi connectivity index (χ4n) is 1.47. The molecule has 2 aromatic rings. The van der Waals surface area contributed by atoms with E-state index < -0.39 is 0 Å². The number of nitrogens with zero attached hydrogens (tertiary/aromatic N) is 1. The van der Waals surface area contributed by atoms with Gasteiger partial charge in [0.2, 0.25) is 0 Å². The van der Waals surface area contributed by atoms with Gasteiger partial charge in [-0.05, 0) is 35.4 Å². The molecule has 0 aliphatic heterocycles. The van der Waals surface area contributed by atoms with Crippen molar-refractivity contribution >= 4 is 33.2 Å². The molecule has 0 saturated carbocycles. The van der Waals surface area contributed by atoms with Crippen LogP contribution in [0.1, 0.15) is 0 Å². The molecule has 2 rings (SSSR count). The van der Waals surface area contributed by atoms with E-state index in [1.54, 1.807) is 0 Å². The van der Waals surface area contributed by atoms with E-state index in [4.69, 9.17) is 18.2 Å². The third kappa shape index (κ3) is 2.27. The van der Waals surface area contributed by atoms with Gasteiger partial charge in [0, 0.05) is 9.50 Å². The van der Waals surface area contributed by atoms with Gasteiger partial charge in [-0.2, -0.15) is 0 Å². The van der Waals surface area contributed by atoms with Gasteiger partial charge in [0.05, 0.1) is 6.57 Å². The van der Waals surface area contributed by atoms with E-state index in [1.165, 1.54) is 0 Å². The van der Waals surface area contributed by atoms with E-state index in [2.05, 4.69) is 20.8 Å². The van der Waals surface area contributed by atoms with Crippen LogP contribution in [0.2, 0.25) is 5.02 Å². The first kappa shape index (κ1) is 11.2. The Morgan fingerprint density at radius 2 is 1.75 bits per heavy atom. The van der Waals surface area contributed by atoms with Gasteiger partial charge in [-0.15, -0.1) is 0 Å². The molecular formula is C13H7BrClN. The quantitative estimate of drug-likeness (QED) is 0.627. The molecule has 0 N–H and O–H groups in total. The molecule has 0 radical (unpaired) electrons. The molecule has 78 valence electrons. The highest BCUT2D eigenvalue weighted by molar-refractivity contribution is 9.10. The summed E-state index contributed by atoms with van der Waals surface area (Å²) >= 11 is 9.19. The van der Waals surface area contributed by atoms with E-state index in [-0.39, 0.29) is 0 Å². The number of halogens is 2. The second-order valence-corrected chi connectivity index (χ2v) is 4.63. The van der Waals surface area contributed by atoms with Crippen molar-refractivity contribution in [3.8, 4) is 11.1 Å². The molecule has 0 atom stereocenters. The van der Waals surface area contributed by atoms with Gasteiger partial charge < -0.3 is 0 Å². The molecule has 0 aromatic heterocycles. The summed E-state index contributed by atoms with van der Waals surface area (Å²) < 4.78 is 0.913. The smallest absolute Gasteiger partial charge is 0.196 e. The fraction of sp³-hybridized carbons (Fsp3) is 0. The van der Waals surface area contributed by atoms with E-state index in [1.807, 2.05) is 42.5 Å². The third-order valence-corrected chi connectivity index (χ3v) is 2.98. The van der Waals surface area contributed by atoms with Crippen molar-refractivity contribution < 1.29 is 0 Å². The van der Waals surface area contributed by atoms with Gasteiger partial charge in [0.1, 0.15) is 0 Å². The van der Waals surface area contributed by atoms with Crippen LogP contribution in [0.5, 0.6) is 0 Å². The van der Waals surface area contributed by atoms with Crippen LogP contribution in [-0.2, 0) is 0 Å². The molecular weight excluding hydrogens is 286 g/mol. The van der Waals surface area contributed by atoms with Gasteiger partial charge in [0.25, 0.3) is 0 Å². The summed E-state index contributed by atoms with van der Waals surface area (Å²) in [5, 5.41) is 0.699. The van der Waals surface area contributed by atoms with Gasteiger partial charge in [0.15, 0.2) is 5.69 Å². The highest BCUT2D eigenvalue weighted by atomic mass is 79.9. The lowest BCUT2D eigenvalue weighted by Crippen LogP contribution is -1.78. The number of rotatable bonds is 1. The zero-order chi connectivity index (χ0) is 11.5. The molecule has 0 fully saturated rings. The average Bonchev–Trinajstić information content (AvgIpc) is 2.30. The Morgan fingerprint density at radius 3 is 2.38 bits per heavy atom. The first-order valence-corrected chi connectivity index (χ1v) is 5.81. The standard InChI is InChI=1S/C13H7BrClN/c1-16-13-8-10(14)4-7-12(13)9-2-5-11(15)6-3-9/h2-8H. The lowest BCUT2D eigenvalue weighted by atomic mass is 10.0. The lowest BCUT2D eigenvalue weighted by Gasteiger charge is -2.05. The first-order chi connectivity index (χ1) is 7.70. The predicted octanol–water partition coefficient (Wildman–Crippen LogP) is 5.32. The van der Waals surface area contributed by atoms with Crippen molar-refractivity contribution in [2.45, 2.75) is 0 Å². The maximum atomic E-state index is 7.15. The summed E-state index contributed by atoms with van der Waals surface area (Å²) in [7, 11) is 0. The summed E-state index contributed by atoms with van der Waals surface area (Å²) in [6.45, 7) is 7.15. The molecule has 2 aromatic carbocycles. The van der Waals surface area contributed by atoms with Crippen molar-refractivity contribution in [3.63, 3.8) is 0 Å². The van der Waals surface area contributed by atoms with Crippen LogP contribution in [-0.4, -0.2) is 0 Å². The molecule has 3 heteroatoms. The Morgan fingerprint density at radius 1 is 1.06 bits per heavy atom. The number of hydrogen-bond acceptors (Lipinski definition) is 0. The van der Waals surface area contributed by atoms with Crippen molar-refractivity contribution in [3.05, 3.63) is 63.4 Å². The van der Waals surface area contributed by atoms with Crippen LogP contribution in [0.25, 0.3) is 16.0 Å².